The van der Waals surface area contributed by atoms with E-state index in [0.29, 0.717) is 43.5 Å². The predicted octanol–water partition coefficient (Wildman–Crippen LogP) is 0.372. The van der Waals surface area contributed by atoms with Gasteiger partial charge in [0.05, 0.1) is 0 Å². The van der Waals surface area contributed by atoms with Crippen molar-refractivity contribution in [3.63, 3.8) is 0 Å². The molecule has 1 aromatic rings. The summed E-state index contributed by atoms with van der Waals surface area (Å²) in [6.45, 7) is 4.33. The molecule has 0 bridgehead atoms. The molecule has 0 aliphatic rings. The fourth-order valence-electron chi connectivity index (χ4n) is 1.56. The lowest BCUT2D eigenvalue weighted by Crippen LogP contribution is -2.26. The summed E-state index contributed by atoms with van der Waals surface area (Å²) in [5.74, 6) is 1.24. The van der Waals surface area contributed by atoms with Crippen LogP contribution in [0, 0.1) is 0 Å². The number of carbonyl (C=O) groups is 1. The van der Waals surface area contributed by atoms with Crippen molar-refractivity contribution in [3.8, 4) is 11.5 Å². The van der Waals surface area contributed by atoms with Crippen LogP contribution in [0.1, 0.15) is 17.3 Å². The van der Waals surface area contributed by atoms with Crippen molar-refractivity contribution in [1.29, 1.82) is 0 Å². The molecule has 0 spiro atoms. The van der Waals surface area contributed by atoms with Crippen LogP contribution in [0.3, 0.4) is 0 Å². The monoisotopic (exact) mass is 281 g/mol. The van der Waals surface area contributed by atoms with Crippen molar-refractivity contribution >= 4 is 5.78 Å². The van der Waals surface area contributed by atoms with E-state index in [2.05, 4.69) is 10.6 Å². The summed E-state index contributed by atoms with van der Waals surface area (Å²) in [5.41, 5.74) is 5.90. The number of nitrogens with one attached hydrogen (secondary N) is 2. The number of likely N-dealkylation sites (N-methyl/N-ethyl adjacent to an activating group) is 1. The lowest BCUT2D eigenvalue weighted by atomic mass is 10.1. The number of hydrogen-bond donors (Lipinski definition) is 3. The molecule has 0 radical (unpaired) electrons. The second-order valence-corrected chi connectivity index (χ2v) is 4.25. The summed E-state index contributed by atoms with van der Waals surface area (Å²) in [6.07, 6.45) is 0. The third kappa shape index (κ3) is 6.01. The first-order chi connectivity index (χ1) is 9.67. The first kappa shape index (κ1) is 16.4. The number of rotatable bonds is 10. The van der Waals surface area contributed by atoms with E-state index >= 15 is 0 Å². The van der Waals surface area contributed by atoms with Gasteiger partial charge in [0.15, 0.2) is 5.78 Å². The molecule has 0 saturated carbocycles. The third-order valence-corrected chi connectivity index (χ3v) is 2.60. The highest BCUT2D eigenvalue weighted by molar-refractivity contribution is 5.94. The van der Waals surface area contributed by atoms with Gasteiger partial charge >= 0.3 is 0 Å². The van der Waals surface area contributed by atoms with Crippen LogP contribution in [0.5, 0.6) is 11.5 Å². The van der Waals surface area contributed by atoms with Crippen molar-refractivity contribution in [2.24, 2.45) is 5.73 Å². The Morgan fingerprint density at radius 1 is 1.15 bits per heavy atom. The molecule has 0 unspecified atom stereocenters. The number of Topliss-reactive ketones (excluding diaryl/α,β-unsaturated/α-hetero) is 1. The van der Waals surface area contributed by atoms with Crippen molar-refractivity contribution in [2.45, 2.75) is 6.92 Å². The Hall–Kier alpha value is -1.63. The van der Waals surface area contributed by atoms with E-state index in [9.17, 15) is 4.79 Å². The molecule has 4 N–H and O–H groups in total. The standard InChI is InChI=1S/C14H23N3O3/c1-11(18)12-7-13(19-5-3-16-2)9-14(8-12)20-6-4-17-10-15/h7-9,16-17H,3-6,10,15H2,1-2H3. The van der Waals surface area contributed by atoms with Crippen molar-refractivity contribution in [1.82, 2.24) is 10.6 Å². The van der Waals surface area contributed by atoms with E-state index in [1.165, 1.54) is 6.92 Å². The number of hydrogen-bond acceptors (Lipinski definition) is 6. The van der Waals surface area contributed by atoms with Crippen LogP contribution in [0.2, 0.25) is 0 Å². The van der Waals surface area contributed by atoms with E-state index in [-0.39, 0.29) is 5.78 Å². The highest BCUT2D eigenvalue weighted by atomic mass is 16.5. The average Bonchev–Trinajstić information content (AvgIpc) is 2.44. The quantitative estimate of drug-likeness (QED) is 0.326. The second-order valence-electron chi connectivity index (χ2n) is 4.25. The van der Waals surface area contributed by atoms with Gasteiger partial charge in [0, 0.05) is 31.4 Å². The number of carbonyl (C=O) groups excluding carboxylic acids is 1. The zero-order chi connectivity index (χ0) is 14.8. The zero-order valence-electron chi connectivity index (χ0n) is 12.1. The van der Waals surface area contributed by atoms with Gasteiger partial charge < -0.3 is 25.8 Å². The molecule has 0 atom stereocenters. The van der Waals surface area contributed by atoms with Crippen molar-refractivity contribution in [2.75, 3.05) is 40.0 Å². The maximum absolute atomic E-state index is 11.5. The van der Waals surface area contributed by atoms with E-state index in [4.69, 9.17) is 15.2 Å². The number of ether oxygens (including phenoxy) is 2. The smallest absolute Gasteiger partial charge is 0.160 e. The van der Waals surface area contributed by atoms with E-state index in [0.717, 1.165) is 6.54 Å². The van der Waals surface area contributed by atoms with Gasteiger partial charge in [-0.25, -0.2) is 0 Å². The minimum Gasteiger partial charge on any atom is -0.492 e. The molecule has 0 heterocycles. The fraction of sp³-hybridized carbons (Fsp3) is 0.500. The highest BCUT2D eigenvalue weighted by Gasteiger charge is 2.06. The van der Waals surface area contributed by atoms with E-state index in [1.54, 1.807) is 18.2 Å². The minimum absolute atomic E-state index is 0.0194. The maximum Gasteiger partial charge on any atom is 0.160 e. The first-order valence-corrected chi connectivity index (χ1v) is 6.64. The van der Waals surface area contributed by atoms with Crippen LogP contribution in [0.15, 0.2) is 18.2 Å². The zero-order valence-corrected chi connectivity index (χ0v) is 12.1. The van der Waals surface area contributed by atoms with Crippen LogP contribution in [-0.4, -0.2) is 45.8 Å². The Kier molecular flexibility index (Phi) is 7.64. The molecule has 6 heteroatoms. The van der Waals surface area contributed by atoms with Gasteiger partial charge in [-0.05, 0) is 26.1 Å². The molecular formula is C14H23N3O3. The summed E-state index contributed by atoms with van der Waals surface area (Å²) >= 11 is 0. The van der Waals surface area contributed by atoms with Crippen LogP contribution in [0.25, 0.3) is 0 Å². The molecule has 0 aliphatic heterocycles. The van der Waals surface area contributed by atoms with Gasteiger partial charge in [0.2, 0.25) is 0 Å². The fourth-order valence-corrected chi connectivity index (χ4v) is 1.56. The lowest BCUT2D eigenvalue weighted by Gasteiger charge is -2.11. The summed E-state index contributed by atoms with van der Waals surface area (Å²) in [6, 6.07) is 5.23. The SMILES string of the molecule is CNCCOc1cc(OCCNCN)cc(C(C)=O)c1. The third-order valence-electron chi connectivity index (χ3n) is 2.60. The van der Waals surface area contributed by atoms with Crippen LogP contribution < -0.4 is 25.8 Å². The Balaban J connectivity index is 2.68. The van der Waals surface area contributed by atoms with Gasteiger partial charge in [0.1, 0.15) is 24.7 Å². The molecule has 112 valence electrons. The average molecular weight is 281 g/mol. The summed E-state index contributed by atoms with van der Waals surface area (Å²) in [4.78, 5) is 11.5. The van der Waals surface area contributed by atoms with E-state index in [1.807, 2.05) is 7.05 Å². The highest BCUT2D eigenvalue weighted by Crippen LogP contribution is 2.23. The Morgan fingerprint density at radius 2 is 1.75 bits per heavy atom. The molecule has 20 heavy (non-hydrogen) atoms. The van der Waals surface area contributed by atoms with Gasteiger partial charge in [-0.3, -0.25) is 4.79 Å². The molecule has 0 amide bonds. The van der Waals surface area contributed by atoms with Gasteiger partial charge in [-0.2, -0.15) is 0 Å². The van der Waals surface area contributed by atoms with Crippen molar-refractivity contribution in [3.05, 3.63) is 23.8 Å². The van der Waals surface area contributed by atoms with Crippen LogP contribution in [-0.2, 0) is 0 Å². The Labute approximate surface area is 119 Å². The normalized spacial score (nSPS) is 10.3. The number of nitrogens with two attached hydrogens (primary N) is 1. The molecule has 0 aromatic heterocycles. The Bertz CT molecular complexity index is 424. The molecule has 0 fully saturated rings. The molecular weight excluding hydrogens is 258 g/mol. The second kappa shape index (κ2) is 9.30. The minimum atomic E-state index is -0.0194. The van der Waals surface area contributed by atoms with Gasteiger partial charge in [-0.15, -0.1) is 0 Å². The van der Waals surface area contributed by atoms with Crippen molar-refractivity contribution < 1.29 is 14.3 Å². The van der Waals surface area contributed by atoms with E-state index < -0.39 is 0 Å². The summed E-state index contributed by atoms with van der Waals surface area (Å²) in [5, 5.41) is 5.95. The Morgan fingerprint density at radius 3 is 2.25 bits per heavy atom. The van der Waals surface area contributed by atoms with Crippen LogP contribution in [0.4, 0.5) is 0 Å². The first-order valence-electron chi connectivity index (χ1n) is 6.64. The molecule has 1 rings (SSSR count). The molecule has 1 aromatic carbocycles. The topological polar surface area (TPSA) is 85.6 Å². The molecule has 0 saturated heterocycles. The van der Waals surface area contributed by atoms with Gasteiger partial charge in [0.25, 0.3) is 0 Å². The number of benzene rings is 1. The lowest BCUT2D eigenvalue weighted by molar-refractivity contribution is 0.101. The summed E-state index contributed by atoms with van der Waals surface area (Å²) < 4.78 is 11.2. The number of ketones is 1. The molecule has 6 nitrogen and oxygen atoms in total. The van der Waals surface area contributed by atoms with Crippen LogP contribution >= 0.6 is 0 Å². The maximum atomic E-state index is 11.5. The van der Waals surface area contributed by atoms with Gasteiger partial charge in [-0.1, -0.05) is 0 Å². The predicted molar refractivity (Wildman–Crippen MR) is 78.4 cm³/mol. The molecule has 0 aliphatic carbocycles. The largest absolute Gasteiger partial charge is 0.492 e. The summed E-state index contributed by atoms with van der Waals surface area (Å²) in [7, 11) is 1.86.